The summed E-state index contributed by atoms with van der Waals surface area (Å²) in [6, 6.07) is 19.3. The SMILES string of the molecule is O=C1COc2cc(F)c(C(=O)N3CC(COc4cccc(Oc5ccccc5)c4)C3)cc2N1. The Balaban J connectivity index is 1.15. The zero-order chi connectivity index (χ0) is 22.8. The van der Waals surface area contributed by atoms with E-state index in [-0.39, 0.29) is 29.7 Å². The van der Waals surface area contributed by atoms with Crippen LogP contribution < -0.4 is 19.5 Å². The van der Waals surface area contributed by atoms with Gasteiger partial charge in [0.15, 0.2) is 6.61 Å². The zero-order valence-corrected chi connectivity index (χ0v) is 17.6. The monoisotopic (exact) mass is 448 g/mol. The van der Waals surface area contributed by atoms with E-state index in [1.54, 1.807) is 4.90 Å². The summed E-state index contributed by atoms with van der Waals surface area (Å²) in [4.78, 5) is 25.8. The van der Waals surface area contributed by atoms with E-state index in [0.29, 0.717) is 36.9 Å². The highest BCUT2D eigenvalue weighted by atomic mass is 19.1. The number of rotatable bonds is 6. The van der Waals surface area contributed by atoms with E-state index in [2.05, 4.69) is 5.32 Å². The molecule has 1 saturated heterocycles. The first-order valence-electron chi connectivity index (χ1n) is 10.6. The number of anilines is 1. The lowest BCUT2D eigenvalue weighted by atomic mass is 9.99. The fourth-order valence-corrected chi connectivity index (χ4v) is 3.74. The molecule has 2 aliphatic heterocycles. The van der Waals surface area contributed by atoms with Crippen LogP contribution in [0.15, 0.2) is 66.7 Å². The molecule has 1 fully saturated rings. The molecular weight excluding hydrogens is 427 g/mol. The van der Waals surface area contributed by atoms with Gasteiger partial charge in [-0.1, -0.05) is 24.3 Å². The highest BCUT2D eigenvalue weighted by Gasteiger charge is 2.33. The molecule has 3 aromatic rings. The van der Waals surface area contributed by atoms with Gasteiger partial charge in [-0.2, -0.15) is 0 Å². The highest BCUT2D eigenvalue weighted by Crippen LogP contribution is 2.32. The number of hydrogen-bond donors (Lipinski definition) is 1. The number of carbonyl (C=O) groups excluding carboxylic acids is 2. The van der Waals surface area contributed by atoms with Gasteiger partial charge in [-0.15, -0.1) is 0 Å². The Morgan fingerprint density at radius 2 is 1.79 bits per heavy atom. The molecule has 0 aliphatic carbocycles. The number of carbonyl (C=O) groups is 2. The molecule has 2 amide bonds. The summed E-state index contributed by atoms with van der Waals surface area (Å²) in [6.07, 6.45) is 0. The number of nitrogens with zero attached hydrogens (tertiary/aromatic N) is 1. The maximum Gasteiger partial charge on any atom is 0.262 e. The first kappa shape index (κ1) is 20.8. The van der Waals surface area contributed by atoms with Gasteiger partial charge in [0, 0.05) is 31.1 Å². The van der Waals surface area contributed by atoms with Gasteiger partial charge in [0.1, 0.15) is 28.8 Å². The average Bonchev–Trinajstić information content (AvgIpc) is 2.78. The van der Waals surface area contributed by atoms with Crippen LogP contribution in [0.5, 0.6) is 23.0 Å². The van der Waals surface area contributed by atoms with Gasteiger partial charge in [-0.05, 0) is 30.3 Å². The Morgan fingerprint density at radius 1 is 1.03 bits per heavy atom. The molecule has 0 spiro atoms. The third-order valence-corrected chi connectivity index (χ3v) is 5.45. The third kappa shape index (κ3) is 4.59. The summed E-state index contributed by atoms with van der Waals surface area (Å²) in [5.74, 6) is 0.992. The van der Waals surface area contributed by atoms with Crippen molar-refractivity contribution in [3.63, 3.8) is 0 Å². The topological polar surface area (TPSA) is 77.1 Å². The Labute approximate surface area is 189 Å². The summed E-state index contributed by atoms with van der Waals surface area (Å²) in [5.41, 5.74) is 0.207. The van der Waals surface area contributed by atoms with E-state index >= 15 is 0 Å². The van der Waals surface area contributed by atoms with Gasteiger partial charge in [-0.3, -0.25) is 9.59 Å². The number of fused-ring (bicyclic) bond motifs is 1. The van der Waals surface area contributed by atoms with Crippen molar-refractivity contribution in [2.75, 3.05) is 31.6 Å². The molecule has 2 aliphatic rings. The maximum absolute atomic E-state index is 14.4. The van der Waals surface area contributed by atoms with Gasteiger partial charge >= 0.3 is 0 Å². The van der Waals surface area contributed by atoms with Crippen molar-refractivity contribution in [3.05, 3.63) is 78.1 Å². The number of hydrogen-bond acceptors (Lipinski definition) is 5. The van der Waals surface area contributed by atoms with Gasteiger partial charge < -0.3 is 24.4 Å². The molecule has 168 valence electrons. The molecular formula is C25H21FN2O5. The summed E-state index contributed by atoms with van der Waals surface area (Å²) >= 11 is 0. The largest absolute Gasteiger partial charge is 0.493 e. The van der Waals surface area contributed by atoms with E-state index < -0.39 is 11.7 Å². The number of likely N-dealkylation sites (tertiary alicyclic amines) is 1. The zero-order valence-electron chi connectivity index (χ0n) is 17.6. The predicted molar refractivity (Wildman–Crippen MR) is 118 cm³/mol. The van der Waals surface area contributed by atoms with Crippen molar-refractivity contribution in [1.82, 2.24) is 4.90 Å². The van der Waals surface area contributed by atoms with E-state index in [1.807, 2.05) is 54.6 Å². The summed E-state index contributed by atoms with van der Waals surface area (Å²) in [7, 11) is 0. The van der Waals surface area contributed by atoms with Crippen LogP contribution in [0.4, 0.5) is 10.1 Å². The number of halogens is 1. The van der Waals surface area contributed by atoms with Crippen molar-refractivity contribution < 1.29 is 28.2 Å². The summed E-state index contributed by atoms with van der Waals surface area (Å²) < 4.78 is 31.3. The molecule has 0 radical (unpaired) electrons. The molecule has 0 atom stereocenters. The summed E-state index contributed by atoms with van der Waals surface area (Å²) in [6.45, 7) is 1.17. The lowest BCUT2D eigenvalue weighted by molar-refractivity contribution is -0.118. The number of amides is 2. The Bertz CT molecular complexity index is 1190. The molecule has 33 heavy (non-hydrogen) atoms. The Kier molecular flexibility index (Phi) is 5.56. The quantitative estimate of drug-likeness (QED) is 0.615. The standard InChI is InChI=1S/C25H21FN2O5/c26-21-11-23-22(27-24(29)15-32-23)10-20(21)25(30)28-12-16(13-28)14-31-18-7-4-8-19(9-18)33-17-5-2-1-3-6-17/h1-11,16H,12-15H2,(H,27,29). The minimum absolute atomic E-state index is 0.0929. The molecule has 0 saturated carbocycles. The van der Waals surface area contributed by atoms with Crippen LogP contribution in [-0.2, 0) is 4.79 Å². The molecule has 5 rings (SSSR count). The molecule has 0 aromatic heterocycles. The van der Waals surface area contributed by atoms with Crippen LogP contribution in [0.25, 0.3) is 0 Å². The summed E-state index contributed by atoms with van der Waals surface area (Å²) in [5, 5.41) is 2.59. The van der Waals surface area contributed by atoms with Crippen LogP contribution in [0.3, 0.4) is 0 Å². The third-order valence-electron chi connectivity index (χ3n) is 5.45. The first-order chi connectivity index (χ1) is 16.0. The fraction of sp³-hybridized carbons (Fsp3) is 0.200. The predicted octanol–water partition coefficient (Wildman–Crippen LogP) is 4.10. The van der Waals surface area contributed by atoms with Crippen LogP contribution >= 0.6 is 0 Å². The second kappa shape index (κ2) is 8.82. The van der Waals surface area contributed by atoms with E-state index in [0.717, 1.165) is 11.8 Å². The number of ether oxygens (including phenoxy) is 3. The molecule has 0 unspecified atom stereocenters. The van der Waals surface area contributed by atoms with Crippen LogP contribution in [0, 0.1) is 11.7 Å². The minimum Gasteiger partial charge on any atom is -0.493 e. The van der Waals surface area contributed by atoms with Crippen LogP contribution in [0.2, 0.25) is 0 Å². The first-order valence-corrected chi connectivity index (χ1v) is 10.6. The smallest absolute Gasteiger partial charge is 0.262 e. The van der Waals surface area contributed by atoms with Crippen LogP contribution in [0.1, 0.15) is 10.4 Å². The Morgan fingerprint density at radius 3 is 2.61 bits per heavy atom. The van der Waals surface area contributed by atoms with Crippen molar-refractivity contribution in [1.29, 1.82) is 0 Å². The van der Waals surface area contributed by atoms with E-state index in [1.165, 1.54) is 6.07 Å². The van der Waals surface area contributed by atoms with Crippen molar-refractivity contribution in [2.45, 2.75) is 0 Å². The lowest BCUT2D eigenvalue weighted by Crippen LogP contribution is -2.52. The second-order valence-corrected chi connectivity index (χ2v) is 7.94. The Hall–Kier alpha value is -4.07. The molecule has 3 aromatic carbocycles. The normalized spacial score (nSPS) is 15.1. The maximum atomic E-state index is 14.4. The number of para-hydroxylation sites is 1. The van der Waals surface area contributed by atoms with Gasteiger partial charge in [-0.25, -0.2) is 4.39 Å². The van der Waals surface area contributed by atoms with Crippen molar-refractivity contribution in [3.8, 4) is 23.0 Å². The minimum atomic E-state index is -0.676. The highest BCUT2D eigenvalue weighted by molar-refractivity contribution is 6.00. The van der Waals surface area contributed by atoms with E-state index in [9.17, 15) is 14.0 Å². The molecule has 2 heterocycles. The molecule has 7 nitrogen and oxygen atoms in total. The lowest BCUT2D eigenvalue weighted by Gasteiger charge is -2.39. The van der Waals surface area contributed by atoms with E-state index in [4.69, 9.17) is 14.2 Å². The van der Waals surface area contributed by atoms with Gasteiger partial charge in [0.25, 0.3) is 11.8 Å². The molecule has 0 bridgehead atoms. The van der Waals surface area contributed by atoms with Crippen molar-refractivity contribution >= 4 is 17.5 Å². The second-order valence-electron chi connectivity index (χ2n) is 7.94. The van der Waals surface area contributed by atoms with Gasteiger partial charge in [0.05, 0.1) is 17.9 Å². The number of benzene rings is 3. The van der Waals surface area contributed by atoms with Crippen molar-refractivity contribution in [2.24, 2.45) is 5.92 Å². The average molecular weight is 448 g/mol. The van der Waals surface area contributed by atoms with Gasteiger partial charge in [0.2, 0.25) is 0 Å². The van der Waals surface area contributed by atoms with Crippen LogP contribution in [-0.4, -0.2) is 43.0 Å². The molecule has 8 heteroatoms. The molecule has 1 N–H and O–H groups in total. The fourth-order valence-electron chi connectivity index (χ4n) is 3.74. The number of nitrogens with one attached hydrogen (secondary N) is 1.